The molecular formula is C4H4F3N2O. The molecule has 1 rings (SSSR count). The van der Waals surface area contributed by atoms with Gasteiger partial charge in [0.2, 0.25) is 0 Å². The van der Waals surface area contributed by atoms with Crippen LogP contribution in [0.4, 0.5) is 13.2 Å². The second kappa shape index (κ2) is 2.37. The Hall–Kier alpha value is -0.910. The maximum absolute atomic E-state index is 11.4. The lowest BCUT2D eigenvalue weighted by molar-refractivity contribution is -0.305. The van der Waals surface area contributed by atoms with E-state index in [4.69, 9.17) is 0 Å². The second-order valence-electron chi connectivity index (χ2n) is 1.57. The number of alkyl halides is 3. The quantitative estimate of drug-likeness (QED) is 0.567. The molecule has 0 aromatic heterocycles. The summed E-state index contributed by atoms with van der Waals surface area (Å²) >= 11 is 0. The van der Waals surface area contributed by atoms with Crippen LogP contribution in [0.3, 0.4) is 0 Å². The largest absolute Gasteiger partial charge is 0.572 e. The van der Waals surface area contributed by atoms with Crippen molar-refractivity contribution in [1.29, 1.82) is 0 Å². The first kappa shape index (κ1) is 7.20. The van der Waals surface area contributed by atoms with Gasteiger partial charge < -0.3 is 10.2 Å². The maximum Gasteiger partial charge on any atom is 0.572 e. The average molecular weight is 153 g/mol. The zero-order valence-corrected chi connectivity index (χ0v) is 4.75. The Labute approximate surface area is 54.8 Å². The van der Waals surface area contributed by atoms with Crippen molar-refractivity contribution in [3.05, 3.63) is 12.0 Å². The van der Waals surface area contributed by atoms with E-state index in [0.29, 0.717) is 0 Å². The van der Waals surface area contributed by atoms with Crippen molar-refractivity contribution in [2.45, 2.75) is 6.36 Å². The van der Waals surface area contributed by atoms with Gasteiger partial charge in [0.05, 0.1) is 6.54 Å². The Morgan fingerprint density at radius 2 is 2.20 bits per heavy atom. The van der Waals surface area contributed by atoms with Crippen molar-refractivity contribution in [1.82, 2.24) is 10.9 Å². The van der Waals surface area contributed by atoms with E-state index < -0.39 is 6.36 Å². The summed E-state index contributed by atoms with van der Waals surface area (Å²) in [7, 11) is 0. The molecule has 1 aliphatic heterocycles. The monoisotopic (exact) mass is 153 g/mol. The topological polar surface area (TPSA) is 33.3 Å². The molecule has 57 valence electrons. The molecule has 0 aromatic carbocycles. The highest BCUT2D eigenvalue weighted by molar-refractivity contribution is 4.92. The van der Waals surface area contributed by atoms with Crippen LogP contribution in [0.2, 0.25) is 0 Å². The van der Waals surface area contributed by atoms with E-state index in [1.54, 1.807) is 0 Å². The lowest BCUT2D eigenvalue weighted by Crippen LogP contribution is -2.22. The number of hydrazine groups is 1. The standard InChI is InChI=1S/C4H4F3N2O/c5-4(6,7)10-3-1-8-9-2-3/h8-9H,1H2. The smallest absolute Gasteiger partial charge is 0.407 e. The van der Waals surface area contributed by atoms with Gasteiger partial charge in [0.1, 0.15) is 12.0 Å². The summed E-state index contributed by atoms with van der Waals surface area (Å²) in [5.74, 6) is -0.285. The van der Waals surface area contributed by atoms with Crippen molar-refractivity contribution >= 4 is 0 Å². The van der Waals surface area contributed by atoms with Crippen LogP contribution in [0.25, 0.3) is 0 Å². The molecule has 1 radical (unpaired) electrons. The molecule has 3 nitrogen and oxygen atoms in total. The molecule has 2 N–H and O–H groups in total. The normalized spacial score (nSPS) is 18.1. The summed E-state index contributed by atoms with van der Waals surface area (Å²) in [6.07, 6.45) is -2.49. The van der Waals surface area contributed by atoms with Gasteiger partial charge in [0, 0.05) is 0 Å². The zero-order valence-electron chi connectivity index (χ0n) is 4.75. The van der Waals surface area contributed by atoms with Gasteiger partial charge in [-0.15, -0.1) is 13.2 Å². The number of rotatable bonds is 1. The third kappa shape index (κ3) is 2.14. The minimum Gasteiger partial charge on any atom is -0.407 e. The number of hydrogen-bond acceptors (Lipinski definition) is 3. The van der Waals surface area contributed by atoms with E-state index in [1.807, 2.05) is 0 Å². The number of hydrogen-bond donors (Lipinski definition) is 2. The fraction of sp³-hybridized carbons (Fsp3) is 0.500. The Kier molecular flexibility index (Phi) is 1.71. The molecular weight excluding hydrogens is 149 g/mol. The van der Waals surface area contributed by atoms with Crippen molar-refractivity contribution in [2.24, 2.45) is 0 Å². The first-order valence-corrected chi connectivity index (χ1v) is 2.43. The molecule has 0 atom stereocenters. The van der Waals surface area contributed by atoms with Gasteiger partial charge in [-0.2, -0.15) is 0 Å². The predicted molar refractivity (Wildman–Crippen MR) is 25.0 cm³/mol. The molecule has 1 heterocycles. The van der Waals surface area contributed by atoms with Crippen LogP contribution in [0.5, 0.6) is 0 Å². The van der Waals surface area contributed by atoms with Gasteiger partial charge >= 0.3 is 6.36 Å². The van der Waals surface area contributed by atoms with E-state index >= 15 is 0 Å². The van der Waals surface area contributed by atoms with Gasteiger partial charge in [0.15, 0.2) is 0 Å². The SMILES string of the molecule is FC(F)(F)OC1=[C]NNC1. The van der Waals surface area contributed by atoms with Crippen LogP contribution in [0.1, 0.15) is 0 Å². The third-order valence-corrected chi connectivity index (χ3v) is 0.778. The van der Waals surface area contributed by atoms with Crippen LogP contribution in [0, 0.1) is 6.20 Å². The summed E-state index contributed by atoms with van der Waals surface area (Å²) in [4.78, 5) is 0. The van der Waals surface area contributed by atoms with E-state index in [0.717, 1.165) is 0 Å². The lowest BCUT2D eigenvalue weighted by Gasteiger charge is -2.06. The summed E-state index contributed by atoms with van der Waals surface area (Å²) < 4.78 is 37.6. The molecule has 0 fully saturated rings. The highest BCUT2D eigenvalue weighted by atomic mass is 19.4. The fourth-order valence-electron chi connectivity index (χ4n) is 0.484. The molecule has 1 aliphatic rings. The highest BCUT2D eigenvalue weighted by Gasteiger charge is 2.32. The maximum atomic E-state index is 11.4. The molecule has 0 saturated carbocycles. The van der Waals surface area contributed by atoms with Crippen LogP contribution in [-0.4, -0.2) is 12.9 Å². The van der Waals surface area contributed by atoms with Crippen molar-refractivity contribution in [3.63, 3.8) is 0 Å². The van der Waals surface area contributed by atoms with E-state index in [-0.39, 0.29) is 12.3 Å². The van der Waals surface area contributed by atoms with Crippen molar-refractivity contribution < 1.29 is 17.9 Å². The van der Waals surface area contributed by atoms with Gasteiger partial charge in [0.25, 0.3) is 0 Å². The molecule has 0 aliphatic carbocycles. The lowest BCUT2D eigenvalue weighted by atomic mass is 10.6. The number of nitrogens with one attached hydrogen (secondary N) is 2. The Balaban J connectivity index is 2.38. The summed E-state index contributed by atoms with van der Waals surface area (Å²) in [6, 6.07) is 0. The number of ether oxygens (including phenoxy) is 1. The predicted octanol–water partition coefficient (Wildman–Crippen LogP) is 0.275. The van der Waals surface area contributed by atoms with E-state index in [9.17, 15) is 13.2 Å². The Morgan fingerprint density at radius 1 is 1.50 bits per heavy atom. The molecule has 0 aromatic rings. The van der Waals surface area contributed by atoms with Crippen LogP contribution < -0.4 is 10.9 Å². The van der Waals surface area contributed by atoms with Gasteiger partial charge in [-0.05, 0) is 0 Å². The van der Waals surface area contributed by atoms with E-state index in [2.05, 4.69) is 21.8 Å². The third-order valence-electron chi connectivity index (χ3n) is 0.778. The molecule has 10 heavy (non-hydrogen) atoms. The highest BCUT2D eigenvalue weighted by Crippen LogP contribution is 2.20. The average Bonchev–Trinajstić information content (AvgIpc) is 2.12. The summed E-state index contributed by atoms with van der Waals surface area (Å²) in [5, 5.41) is 0. The molecule has 0 saturated heterocycles. The van der Waals surface area contributed by atoms with Gasteiger partial charge in [-0.3, -0.25) is 0 Å². The van der Waals surface area contributed by atoms with Crippen LogP contribution >= 0.6 is 0 Å². The molecule has 6 heteroatoms. The van der Waals surface area contributed by atoms with Crippen molar-refractivity contribution in [3.8, 4) is 0 Å². The minimum atomic E-state index is -4.62. The first-order chi connectivity index (χ1) is 4.58. The Morgan fingerprint density at radius 3 is 2.60 bits per heavy atom. The molecule has 0 unspecified atom stereocenters. The van der Waals surface area contributed by atoms with Crippen LogP contribution in [-0.2, 0) is 4.74 Å². The number of halogens is 3. The minimum absolute atomic E-state index is 0.000486. The molecule has 0 bridgehead atoms. The van der Waals surface area contributed by atoms with E-state index in [1.165, 1.54) is 0 Å². The second-order valence-corrected chi connectivity index (χ2v) is 1.57. The van der Waals surface area contributed by atoms with Crippen LogP contribution in [0.15, 0.2) is 5.76 Å². The molecule has 0 spiro atoms. The van der Waals surface area contributed by atoms with Gasteiger partial charge in [-0.25, -0.2) is 5.43 Å². The first-order valence-electron chi connectivity index (χ1n) is 2.43. The summed E-state index contributed by atoms with van der Waals surface area (Å²) in [5.41, 5.74) is 4.60. The molecule has 0 amide bonds. The van der Waals surface area contributed by atoms with Gasteiger partial charge in [-0.1, -0.05) is 0 Å². The Bertz CT molecular complexity index is 153. The summed E-state index contributed by atoms with van der Waals surface area (Å²) in [6.45, 7) is -0.000486. The van der Waals surface area contributed by atoms with Crippen molar-refractivity contribution in [2.75, 3.05) is 6.54 Å². The fourth-order valence-corrected chi connectivity index (χ4v) is 0.484. The zero-order chi connectivity index (χ0) is 7.61.